The molecule has 3 heterocycles. The van der Waals surface area contributed by atoms with E-state index in [1.807, 2.05) is 0 Å². The Morgan fingerprint density at radius 2 is 1.74 bits per heavy atom. The van der Waals surface area contributed by atoms with Crippen molar-refractivity contribution < 1.29 is 0 Å². The third kappa shape index (κ3) is 3.14. The number of fused-ring (bicyclic) bond motifs is 2. The van der Waals surface area contributed by atoms with Gasteiger partial charge in [-0.1, -0.05) is 6.92 Å². The van der Waals surface area contributed by atoms with Crippen molar-refractivity contribution >= 4 is 0 Å². The Labute approximate surface area is 118 Å². The van der Waals surface area contributed by atoms with Gasteiger partial charge in [0.05, 0.1) is 0 Å². The van der Waals surface area contributed by atoms with Crippen molar-refractivity contribution in [1.82, 2.24) is 15.1 Å². The van der Waals surface area contributed by atoms with E-state index in [2.05, 4.69) is 29.1 Å². The van der Waals surface area contributed by atoms with Crippen molar-refractivity contribution in [3.8, 4) is 0 Å². The van der Waals surface area contributed by atoms with Gasteiger partial charge in [-0.25, -0.2) is 0 Å². The summed E-state index contributed by atoms with van der Waals surface area (Å²) in [6.07, 6.45) is 9.82. The number of piperidine rings is 1. The molecule has 3 fully saturated rings. The van der Waals surface area contributed by atoms with Crippen molar-refractivity contribution in [2.24, 2.45) is 0 Å². The molecule has 3 unspecified atom stereocenters. The molecule has 0 saturated carbocycles. The van der Waals surface area contributed by atoms with Crippen LogP contribution in [-0.2, 0) is 0 Å². The minimum atomic E-state index is 0.825. The van der Waals surface area contributed by atoms with E-state index in [9.17, 15) is 0 Å². The molecule has 1 N–H and O–H groups in total. The second-order valence-electron chi connectivity index (χ2n) is 6.98. The second kappa shape index (κ2) is 6.11. The van der Waals surface area contributed by atoms with Gasteiger partial charge in [-0.3, -0.25) is 4.90 Å². The molecule has 3 saturated heterocycles. The molecule has 19 heavy (non-hydrogen) atoms. The normalized spacial score (nSPS) is 40.6. The minimum absolute atomic E-state index is 0.825. The SMILES string of the molecule is CCN(C1CCCN(C)CC1)C1CC2CCC(C1)N2. The van der Waals surface area contributed by atoms with Crippen LogP contribution in [0.3, 0.4) is 0 Å². The lowest BCUT2D eigenvalue weighted by atomic mass is 9.95. The van der Waals surface area contributed by atoms with Gasteiger partial charge in [0.15, 0.2) is 0 Å². The molecule has 3 nitrogen and oxygen atoms in total. The molecule has 3 atom stereocenters. The largest absolute Gasteiger partial charge is 0.311 e. The Kier molecular flexibility index (Phi) is 4.45. The van der Waals surface area contributed by atoms with E-state index in [1.165, 1.54) is 64.6 Å². The van der Waals surface area contributed by atoms with Crippen LogP contribution in [0, 0.1) is 0 Å². The summed E-state index contributed by atoms with van der Waals surface area (Å²) in [5.41, 5.74) is 0. The van der Waals surface area contributed by atoms with Crippen LogP contribution < -0.4 is 5.32 Å². The van der Waals surface area contributed by atoms with Gasteiger partial charge < -0.3 is 10.2 Å². The van der Waals surface area contributed by atoms with Gasteiger partial charge >= 0.3 is 0 Å². The van der Waals surface area contributed by atoms with E-state index in [0.717, 1.165) is 24.2 Å². The Morgan fingerprint density at radius 3 is 2.42 bits per heavy atom. The van der Waals surface area contributed by atoms with Gasteiger partial charge in [-0.15, -0.1) is 0 Å². The molecule has 3 rings (SSSR count). The fourth-order valence-corrected chi connectivity index (χ4v) is 4.67. The number of hydrogen-bond donors (Lipinski definition) is 1. The van der Waals surface area contributed by atoms with Crippen LogP contribution in [0.25, 0.3) is 0 Å². The lowest BCUT2D eigenvalue weighted by Crippen LogP contribution is -2.51. The molecule has 3 heteroatoms. The third-order valence-electron chi connectivity index (χ3n) is 5.67. The highest BCUT2D eigenvalue weighted by molar-refractivity contribution is 4.97. The number of rotatable bonds is 3. The van der Waals surface area contributed by atoms with Gasteiger partial charge in [-0.2, -0.15) is 0 Å². The summed E-state index contributed by atoms with van der Waals surface area (Å²) in [6, 6.07) is 3.35. The van der Waals surface area contributed by atoms with Crippen molar-refractivity contribution in [1.29, 1.82) is 0 Å². The topological polar surface area (TPSA) is 18.5 Å². The zero-order chi connectivity index (χ0) is 13.2. The highest BCUT2D eigenvalue weighted by atomic mass is 15.2. The number of nitrogens with one attached hydrogen (secondary N) is 1. The Morgan fingerprint density at radius 1 is 1.00 bits per heavy atom. The van der Waals surface area contributed by atoms with Crippen LogP contribution in [0.4, 0.5) is 0 Å². The van der Waals surface area contributed by atoms with Crippen molar-refractivity contribution in [3.05, 3.63) is 0 Å². The smallest absolute Gasteiger partial charge is 0.0128 e. The number of hydrogen-bond acceptors (Lipinski definition) is 3. The fourth-order valence-electron chi connectivity index (χ4n) is 4.67. The predicted molar refractivity (Wildman–Crippen MR) is 80.5 cm³/mol. The Balaban J connectivity index is 1.63. The molecule has 0 amide bonds. The van der Waals surface area contributed by atoms with Gasteiger partial charge in [0.1, 0.15) is 0 Å². The molecule has 3 aliphatic heterocycles. The van der Waals surface area contributed by atoms with E-state index >= 15 is 0 Å². The third-order valence-corrected chi connectivity index (χ3v) is 5.67. The maximum atomic E-state index is 3.79. The molecule has 3 aliphatic rings. The summed E-state index contributed by atoms with van der Waals surface area (Å²) >= 11 is 0. The van der Waals surface area contributed by atoms with E-state index < -0.39 is 0 Å². The zero-order valence-corrected chi connectivity index (χ0v) is 12.8. The summed E-state index contributed by atoms with van der Waals surface area (Å²) < 4.78 is 0. The molecule has 0 aromatic heterocycles. The second-order valence-corrected chi connectivity index (χ2v) is 6.98. The van der Waals surface area contributed by atoms with Gasteiger partial charge in [0.2, 0.25) is 0 Å². The van der Waals surface area contributed by atoms with Gasteiger partial charge in [0.25, 0.3) is 0 Å². The molecule has 0 aromatic carbocycles. The zero-order valence-electron chi connectivity index (χ0n) is 12.8. The maximum Gasteiger partial charge on any atom is 0.0128 e. The highest BCUT2D eigenvalue weighted by Gasteiger charge is 2.37. The highest BCUT2D eigenvalue weighted by Crippen LogP contribution is 2.32. The maximum absolute atomic E-state index is 3.79. The molecule has 110 valence electrons. The quantitative estimate of drug-likeness (QED) is 0.843. The van der Waals surface area contributed by atoms with Crippen molar-refractivity contribution in [3.63, 3.8) is 0 Å². The summed E-state index contributed by atoms with van der Waals surface area (Å²) in [6.45, 7) is 6.21. The lowest BCUT2D eigenvalue weighted by molar-refractivity contribution is 0.0911. The fraction of sp³-hybridized carbons (Fsp3) is 1.00. The average molecular weight is 265 g/mol. The molecule has 0 aromatic rings. The first-order valence-corrected chi connectivity index (χ1v) is 8.46. The van der Waals surface area contributed by atoms with Gasteiger partial charge in [-0.05, 0) is 71.6 Å². The van der Waals surface area contributed by atoms with E-state index in [1.54, 1.807) is 0 Å². The average Bonchev–Trinajstić information content (AvgIpc) is 2.61. The first-order chi connectivity index (χ1) is 9.26. The summed E-state index contributed by atoms with van der Waals surface area (Å²) in [4.78, 5) is 5.38. The first-order valence-electron chi connectivity index (χ1n) is 8.46. The monoisotopic (exact) mass is 265 g/mol. The number of nitrogens with zero attached hydrogens (tertiary/aromatic N) is 2. The Bertz CT molecular complexity index is 282. The molecule has 0 spiro atoms. The molecule has 2 bridgehead atoms. The summed E-state index contributed by atoms with van der Waals surface area (Å²) in [5, 5.41) is 3.79. The van der Waals surface area contributed by atoms with E-state index in [-0.39, 0.29) is 0 Å². The van der Waals surface area contributed by atoms with Gasteiger partial charge in [0, 0.05) is 24.2 Å². The van der Waals surface area contributed by atoms with Crippen LogP contribution >= 0.6 is 0 Å². The Hall–Kier alpha value is -0.120. The molecule has 0 aliphatic carbocycles. The molecule has 0 radical (unpaired) electrons. The van der Waals surface area contributed by atoms with Crippen molar-refractivity contribution in [2.45, 2.75) is 76.0 Å². The van der Waals surface area contributed by atoms with Crippen LogP contribution in [0.2, 0.25) is 0 Å². The standard InChI is InChI=1S/C16H31N3/c1-3-19(15-5-4-9-18(2)10-8-15)16-11-13-6-7-14(12-16)17-13/h13-17H,3-12H2,1-2H3. The minimum Gasteiger partial charge on any atom is -0.311 e. The van der Waals surface area contributed by atoms with Crippen LogP contribution in [0.1, 0.15) is 51.9 Å². The van der Waals surface area contributed by atoms with Crippen LogP contribution in [0.15, 0.2) is 0 Å². The van der Waals surface area contributed by atoms with Crippen LogP contribution in [-0.4, -0.2) is 60.6 Å². The first kappa shape index (κ1) is 13.8. The molecular weight excluding hydrogens is 234 g/mol. The van der Waals surface area contributed by atoms with E-state index in [4.69, 9.17) is 0 Å². The summed E-state index contributed by atoms with van der Waals surface area (Å²) in [7, 11) is 2.28. The van der Waals surface area contributed by atoms with Crippen molar-refractivity contribution in [2.75, 3.05) is 26.7 Å². The van der Waals surface area contributed by atoms with Crippen LogP contribution in [0.5, 0.6) is 0 Å². The lowest BCUT2D eigenvalue weighted by Gasteiger charge is -2.41. The van der Waals surface area contributed by atoms with E-state index in [0.29, 0.717) is 0 Å². The summed E-state index contributed by atoms with van der Waals surface area (Å²) in [5.74, 6) is 0. The predicted octanol–water partition coefficient (Wildman–Crippen LogP) is 2.08. The molecular formula is C16H31N3. The number of likely N-dealkylation sites (tertiary alicyclic amines) is 1.